The molecule has 0 aromatic heterocycles. The Morgan fingerprint density at radius 3 is 2.44 bits per heavy atom. The Labute approximate surface area is 201 Å². The first-order valence-corrected chi connectivity index (χ1v) is 12.3. The molecule has 2 aromatic rings. The highest BCUT2D eigenvalue weighted by atomic mass is 35.5. The number of hydrogen-bond donors (Lipinski definition) is 1. The summed E-state index contributed by atoms with van der Waals surface area (Å²) in [5.74, 6) is 1.25. The zero-order valence-electron chi connectivity index (χ0n) is 20.6. The lowest BCUT2D eigenvalue weighted by atomic mass is 9.52. The van der Waals surface area contributed by atoms with E-state index in [1.807, 2.05) is 30.3 Å². The highest BCUT2D eigenvalue weighted by molar-refractivity contribution is 5.85. The van der Waals surface area contributed by atoms with E-state index in [1.165, 1.54) is 37.7 Å². The van der Waals surface area contributed by atoms with Gasteiger partial charge in [0.15, 0.2) is 0 Å². The molecule has 2 aliphatic carbocycles. The lowest BCUT2D eigenvalue weighted by Crippen LogP contribution is -2.60. The zero-order valence-corrected chi connectivity index (χ0v) is 21.4. The largest absolute Gasteiger partial charge is 0.388 e. The second kappa shape index (κ2) is 9.87. The van der Waals surface area contributed by atoms with Gasteiger partial charge in [0.05, 0.1) is 6.10 Å². The van der Waals surface area contributed by atoms with E-state index >= 15 is 0 Å². The second-order valence-corrected chi connectivity index (χ2v) is 10.9. The van der Waals surface area contributed by atoms with Gasteiger partial charge in [-0.2, -0.15) is 0 Å². The molecule has 0 amide bonds. The maximum atomic E-state index is 10.7. The van der Waals surface area contributed by atoms with Crippen LogP contribution in [-0.2, 0) is 11.8 Å². The minimum Gasteiger partial charge on any atom is -0.388 e. The number of benzene rings is 2. The van der Waals surface area contributed by atoms with Crippen LogP contribution in [0.1, 0.15) is 94.1 Å². The van der Waals surface area contributed by atoms with E-state index in [0.717, 1.165) is 18.5 Å². The predicted molar refractivity (Wildman–Crippen MR) is 138 cm³/mol. The lowest BCUT2D eigenvalue weighted by molar-refractivity contribution is -0.0258. The molecule has 2 nitrogen and oxygen atoms in total. The van der Waals surface area contributed by atoms with Crippen molar-refractivity contribution in [2.75, 3.05) is 13.6 Å². The van der Waals surface area contributed by atoms with Crippen LogP contribution in [0.4, 0.5) is 0 Å². The maximum Gasteiger partial charge on any atom is 0.0802 e. The monoisotopic (exact) mass is 455 g/mol. The predicted octanol–water partition coefficient (Wildman–Crippen LogP) is 7.05. The third-order valence-electron chi connectivity index (χ3n) is 8.81. The number of aryl methyl sites for hydroxylation is 1. The highest BCUT2D eigenvalue weighted by Gasteiger charge is 2.53. The van der Waals surface area contributed by atoms with Crippen LogP contribution in [-0.4, -0.2) is 29.1 Å². The number of fused-ring (bicyclic) bond motifs is 3. The van der Waals surface area contributed by atoms with Gasteiger partial charge in [-0.05, 0) is 85.6 Å². The Kier molecular flexibility index (Phi) is 7.80. The quantitative estimate of drug-likeness (QED) is 0.504. The van der Waals surface area contributed by atoms with Gasteiger partial charge in [-0.1, -0.05) is 75.7 Å². The van der Waals surface area contributed by atoms with Crippen molar-refractivity contribution in [1.82, 2.24) is 4.90 Å². The van der Waals surface area contributed by atoms with Gasteiger partial charge in [0.1, 0.15) is 0 Å². The summed E-state index contributed by atoms with van der Waals surface area (Å²) in [6.07, 6.45) is 6.70. The summed E-state index contributed by atoms with van der Waals surface area (Å²) >= 11 is 0. The van der Waals surface area contributed by atoms with E-state index in [1.54, 1.807) is 11.1 Å². The molecule has 2 aromatic carbocycles. The Hall–Kier alpha value is -1.35. The van der Waals surface area contributed by atoms with Gasteiger partial charge >= 0.3 is 0 Å². The van der Waals surface area contributed by atoms with Crippen molar-refractivity contribution in [2.45, 2.75) is 89.2 Å². The molecule has 4 atom stereocenters. The van der Waals surface area contributed by atoms with Crippen LogP contribution in [0.5, 0.6) is 0 Å². The molecule has 3 heteroatoms. The fraction of sp³-hybridized carbons (Fsp3) is 0.586. The van der Waals surface area contributed by atoms with Gasteiger partial charge in [0, 0.05) is 12.1 Å². The van der Waals surface area contributed by atoms with Gasteiger partial charge in [-0.3, -0.25) is 0 Å². The van der Waals surface area contributed by atoms with E-state index in [9.17, 15) is 5.11 Å². The average molecular weight is 456 g/mol. The molecule has 0 bridgehead atoms. The van der Waals surface area contributed by atoms with Crippen LogP contribution in [0.3, 0.4) is 0 Å². The van der Waals surface area contributed by atoms with Gasteiger partial charge in [0.25, 0.3) is 0 Å². The molecule has 176 valence electrons. The third kappa shape index (κ3) is 4.52. The number of aliphatic hydroxyl groups is 1. The summed E-state index contributed by atoms with van der Waals surface area (Å²) in [5.41, 5.74) is 6.14. The first kappa shape index (κ1) is 25.3. The van der Waals surface area contributed by atoms with Crippen molar-refractivity contribution in [2.24, 2.45) is 5.92 Å². The van der Waals surface area contributed by atoms with Gasteiger partial charge in [-0.25, -0.2) is 0 Å². The minimum absolute atomic E-state index is 0. The SMILES string of the molecule is CC(C)c1ccc2c(c1)CCC1C2(C)CCCC1(C)N(C)CCC(O)c1ccccc1.Cl. The molecular weight excluding hydrogens is 414 g/mol. The first-order chi connectivity index (χ1) is 14.8. The Morgan fingerprint density at radius 2 is 1.75 bits per heavy atom. The molecule has 0 radical (unpaired) electrons. The number of hydrogen-bond acceptors (Lipinski definition) is 2. The highest BCUT2D eigenvalue weighted by Crippen LogP contribution is 2.55. The Morgan fingerprint density at radius 1 is 1.03 bits per heavy atom. The van der Waals surface area contributed by atoms with Gasteiger partial charge < -0.3 is 10.0 Å². The maximum absolute atomic E-state index is 10.7. The van der Waals surface area contributed by atoms with Crippen LogP contribution in [0.25, 0.3) is 0 Å². The fourth-order valence-corrected chi connectivity index (χ4v) is 6.71. The molecule has 32 heavy (non-hydrogen) atoms. The molecule has 4 unspecified atom stereocenters. The minimum atomic E-state index is -0.385. The van der Waals surface area contributed by atoms with Crippen molar-refractivity contribution in [3.05, 3.63) is 70.8 Å². The van der Waals surface area contributed by atoms with Crippen LogP contribution in [0, 0.1) is 5.92 Å². The summed E-state index contributed by atoms with van der Waals surface area (Å²) in [6.45, 7) is 10.6. The van der Waals surface area contributed by atoms with E-state index in [2.05, 4.69) is 57.8 Å². The van der Waals surface area contributed by atoms with Gasteiger partial charge in [0.2, 0.25) is 0 Å². The molecule has 1 saturated carbocycles. The van der Waals surface area contributed by atoms with Gasteiger partial charge in [-0.15, -0.1) is 12.4 Å². The van der Waals surface area contributed by atoms with Crippen molar-refractivity contribution in [3.8, 4) is 0 Å². The molecule has 0 heterocycles. The summed E-state index contributed by atoms with van der Waals surface area (Å²) in [6, 6.07) is 17.4. The van der Waals surface area contributed by atoms with E-state index in [0.29, 0.717) is 11.8 Å². The normalized spacial score (nSPS) is 28.1. The molecule has 1 fully saturated rings. The molecule has 2 aliphatic rings. The summed E-state index contributed by atoms with van der Waals surface area (Å²) in [4.78, 5) is 2.58. The molecular formula is C29H42ClNO. The van der Waals surface area contributed by atoms with Crippen LogP contribution < -0.4 is 0 Å². The Balaban J connectivity index is 0.00000289. The van der Waals surface area contributed by atoms with Crippen LogP contribution in [0.15, 0.2) is 48.5 Å². The summed E-state index contributed by atoms with van der Waals surface area (Å²) in [7, 11) is 2.29. The summed E-state index contributed by atoms with van der Waals surface area (Å²) in [5, 5.41) is 10.7. The third-order valence-corrected chi connectivity index (χ3v) is 8.81. The lowest BCUT2D eigenvalue weighted by Gasteiger charge is -2.58. The van der Waals surface area contributed by atoms with E-state index < -0.39 is 0 Å². The van der Waals surface area contributed by atoms with E-state index in [4.69, 9.17) is 0 Å². The number of halogens is 1. The topological polar surface area (TPSA) is 23.5 Å². The average Bonchev–Trinajstić information content (AvgIpc) is 2.77. The Bertz CT molecular complexity index is 897. The fourth-order valence-electron chi connectivity index (χ4n) is 6.71. The molecule has 4 rings (SSSR count). The zero-order chi connectivity index (χ0) is 22.2. The smallest absolute Gasteiger partial charge is 0.0802 e. The number of aliphatic hydroxyl groups excluding tert-OH is 1. The molecule has 0 spiro atoms. The molecule has 0 aliphatic heterocycles. The number of rotatable bonds is 6. The van der Waals surface area contributed by atoms with Crippen molar-refractivity contribution < 1.29 is 5.11 Å². The van der Waals surface area contributed by atoms with Crippen molar-refractivity contribution in [3.63, 3.8) is 0 Å². The standard InChI is InChI=1S/C29H41NO.ClH/c1-21(2)23-12-14-25-24(20-23)13-15-27-28(25,3)17-9-18-29(27,4)30(5)19-16-26(31)22-10-7-6-8-11-22;/h6-8,10-12,14,20-21,26-27,31H,9,13,15-19H2,1-5H3;1H. The van der Waals surface area contributed by atoms with Crippen LogP contribution in [0.2, 0.25) is 0 Å². The van der Waals surface area contributed by atoms with Crippen molar-refractivity contribution >= 4 is 12.4 Å². The van der Waals surface area contributed by atoms with Crippen LogP contribution >= 0.6 is 12.4 Å². The van der Waals surface area contributed by atoms with E-state index in [-0.39, 0.29) is 29.5 Å². The second-order valence-electron chi connectivity index (χ2n) is 10.9. The first-order valence-electron chi connectivity index (χ1n) is 12.3. The molecule has 0 saturated heterocycles. The number of nitrogens with zero attached hydrogens (tertiary/aromatic N) is 1. The summed E-state index contributed by atoms with van der Waals surface area (Å²) < 4.78 is 0. The van der Waals surface area contributed by atoms with Crippen molar-refractivity contribution in [1.29, 1.82) is 0 Å². The molecule has 1 N–H and O–H groups in total.